The smallest absolute Gasteiger partial charge is 0.256 e. The summed E-state index contributed by atoms with van der Waals surface area (Å²) in [4.78, 5) is 13.2. The number of carbonyl (C=O) groups is 1. The van der Waals surface area contributed by atoms with Crippen LogP contribution in [0.3, 0.4) is 0 Å². The lowest BCUT2D eigenvalue weighted by atomic mass is 10.2. The quantitative estimate of drug-likeness (QED) is 0.531. The van der Waals surface area contributed by atoms with Crippen molar-refractivity contribution in [1.82, 2.24) is 14.1 Å². The van der Waals surface area contributed by atoms with Gasteiger partial charge in [0.25, 0.3) is 5.91 Å². The molecule has 1 N–H and O–H groups in total. The molecule has 0 radical (unpaired) electrons. The second-order valence-corrected chi connectivity index (χ2v) is 12.1. The molecule has 0 aliphatic carbocycles. The summed E-state index contributed by atoms with van der Waals surface area (Å²) in [5, 5.41) is 7.30. The molecule has 180 valence electrons. The van der Waals surface area contributed by atoms with E-state index in [0.717, 1.165) is 11.3 Å². The summed E-state index contributed by atoms with van der Waals surface area (Å²) in [5.74, 6) is -0.573. The van der Waals surface area contributed by atoms with Gasteiger partial charge in [0.15, 0.2) is 9.84 Å². The van der Waals surface area contributed by atoms with Gasteiger partial charge in [-0.05, 0) is 42.8 Å². The van der Waals surface area contributed by atoms with Gasteiger partial charge >= 0.3 is 0 Å². The Morgan fingerprint density at radius 3 is 2.32 bits per heavy atom. The minimum absolute atomic E-state index is 0.102. The summed E-state index contributed by atoms with van der Waals surface area (Å²) in [5.41, 5.74) is 2.76. The van der Waals surface area contributed by atoms with E-state index in [0.29, 0.717) is 30.2 Å². The fraction of sp³-hybridized carbons (Fsp3) is 0.304. The number of sulfonamides is 1. The van der Waals surface area contributed by atoms with E-state index in [9.17, 15) is 21.6 Å². The number of para-hydroxylation sites is 1. The number of amides is 1. The molecule has 0 saturated carbocycles. The van der Waals surface area contributed by atoms with E-state index < -0.39 is 25.8 Å². The molecule has 34 heavy (non-hydrogen) atoms. The SMILES string of the molecule is CCN(CC)S(=O)(=O)c1ccc(C(=O)Nc2c3c(nn2-c2ccccc2C)CS(=O)(=O)C3)cc1. The van der Waals surface area contributed by atoms with Crippen molar-refractivity contribution >= 4 is 31.6 Å². The lowest BCUT2D eigenvalue weighted by molar-refractivity contribution is 0.102. The van der Waals surface area contributed by atoms with Crippen LogP contribution in [0.5, 0.6) is 0 Å². The first kappa shape index (κ1) is 24.1. The Labute approximate surface area is 199 Å². The van der Waals surface area contributed by atoms with Gasteiger partial charge in [-0.3, -0.25) is 4.79 Å². The minimum atomic E-state index is -3.64. The van der Waals surface area contributed by atoms with E-state index in [4.69, 9.17) is 0 Å². The lowest BCUT2D eigenvalue weighted by Gasteiger charge is -2.18. The zero-order valence-electron chi connectivity index (χ0n) is 19.1. The molecule has 0 fully saturated rings. The molecule has 9 nitrogen and oxygen atoms in total. The monoisotopic (exact) mass is 502 g/mol. The molecule has 1 aromatic heterocycles. The van der Waals surface area contributed by atoms with Gasteiger partial charge in [-0.1, -0.05) is 32.0 Å². The Morgan fingerprint density at radius 1 is 1.06 bits per heavy atom. The van der Waals surface area contributed by atoms with Crippen molar-refractivity contribution in [2.45, 2.75) is 37.2 Å². The maximum absolute atomic E-state index is 13.1. The molecular formula is C23H26N4O5S2. The van der Waals surface area contributed by atoms with Crippen molar-refractivity contribution in [2.75, 3.05) is 18.4 Å². The second-order valence-electron chi connectivity index (χ2n) is 8.07. The van der Waals surface area contributed by atoms with Crippen molar-refractivity contribution in [3.8, 4) is 5.69 Å². The topological polar surface area (TPSA) is 118 Å². The van der Waals surface area contributed by atoms with E-state index in [2.05, 4.69) is 10.4 Å². The van der Waals surface area contributed by atoms with Crippen LogP contribution in [0.1, 0.15) is 41.0 Å². The number of hydrogen-bond donors (Lipinski definition) is 1. The summed E-state index contributed by atoms with van der Waals surface area (Å²) < 4.78 is 52.7. The van der Waals surface area contributed by atoms with Crippen LogP contribution in [-0.2, 0) is 31.4 Å². The third-order valence-electron chi connectivity index (χ3n) is 5.82. The number of aromatic nitrogens is 2. The number of hydrogen-bond acceptors (Lipinski definition) is 6. The Balaban J connectivity index is 1.68. The van der Waals surface area contributed by atoms with Gasteiger partial charge < -0.3 is 5.32 Å². The largest absolute Gasteiger partial charge is 0.306 e. The molecule has 1 aliphatic rings. The van der Waals surface area contributed by atoms with Crippen LogP contribution in [0.25, 0.3) is 5.69 Å². The number of benzene rings is 2. The molecule has 0 saturated heterocycles. The number of nitrogens with zero attached hydrogens (tertiary/aromatic N) is 3. The van der Waals surface area contributed by atoms with Gasteiger partial charge in [0.05, 0.1) is 27.8 Å². The highest BCUT2D eigenvalue weighted by Gasteiger charge is 2.33. The van der Waals surface area contributed by atoms with Crippen LogP contribution in [0.15, 0.2) is 53.4 Å². The second kappa shape index (κ2) is 8.97. The van der Waals surface area contributed by atoms with Crippen LogP contribution in [-0.4, -0.2) is 49.9 Å². The van der Waals surface area contributed by atoms with Crippen molar-refractivity contribution in [1.29, 1.82) is 0 Å². The first-order valence-corrected chi connectivity index (χ1v) is 14.1. The zero-order valence-corrected chi connectivity index (χ0v) is 20.8. The first-order valence-electron chi connectivity index (χ1n) is 10.9. The Morgan fingerprint density at radius 2 is 1.71 bits per heavy atom. The maximum atomic E-state index is 13.1. The fourth-order valence-corrected chi connectivity index (χ4v) is 6.97. The predicted molar refractivity (Wildman–Crippen MR) is 129 cm³/mol. The number of carbonyl (C=O) groups excluding carboxylic acids is 1. The third-order valence-corrected chi connectivity index (χ3v) is 9.33. The van der Waals surface area contributed by atoms with Gasteiger partial charge in [-0.25, -0.2) is 21.5 Å². The highest BCUT2D eigenvalue weighted by Crippen LogP contribution is 2.34. The summed E-state index contributed by atoms with van der Waals surface area (Å²) >= 11 is 0. The molecule has 2 heterocycles. The van der Waals surface area contributed by atoms with E-state index in [1.807, 2.05) is 31.2 Å². The van der Waals surface area contributed by atoms with E-state index in [1.54, 1.807) is 18.5 Å². The normalized spacial score (nSPS) is 14.8. The molecule has 0 unspecified atom stereocenters. The molecule has 0 spiro atoms. The minimum Gasteiger partial charge on any atom is -0.306 e. The third kappa shape index (κ3) is 4.38. The van der Waals surface area contributed by atoms with Gasteiger partial charge in [-0.2, -0.15) is 9.40 Å². The predicted octanol–water partition coefficient (Wildman–Crippen LogP) is 2.89. The van der Waals surface area contributed by atoms with E-state index in [1.165, 1.54) is 28.6 Å². The lowest BCUT2D eigenvalue weighted by Crippen LogP contribution is -2.30. The number of sulfone groups is 1. The molecule has 11 heteroatoms. The maximum Gasteiger partial charge on any atom is 0.256 e. The highest BCUT2D eigenvalue weighted by molar-refractivity contribution is 7.90. The molecular weight excluding hydrogens is 476 g/mol. The number of fused-ring (bicyclic) bond motifs is 1. The molecule has 2 aromatic carbocycles. The van der Waals surface area contributed by atoms with Crippen LogP contribution in [0, 0.1) is 6.92 Å². The Hall–Kier alpha value is -3.02. The molecule has 4 rings (SSSR count). The van der Waals surface area contributed by atoms with E-state index >= 15 is 0 Å². The molecule has 1 aliphatic heterocycles. The Kier molecular flexibility index (Phi) is 6.36. The number of aryl methyl sites for hydroxylation is 1. The van der Waals surface area contributed by atoms with Crippen LogP contribution in [0.2, 0.25) is 0 Å². The van der Waals surface area contributed by atoms with Crippen LogP contribution < -0.4 is 5.32 Å². The van der Waals surface area contributed by atoms with Gasteiger partial charge in [-0.15, -0.1) is 0 Å². The fourth-order valence-electron chi connectivity index (χ4n) is 4.02. The van der Waals surface area contributed by atoms with Crippen molar-refractivity contribution in [3.63, 3.8) is 0 Å². The Bertz CT molecular complexity index is 1460. The number of rotatable bonds is 7. The van der Waals surface area contributed by atoms with Crippen molar-refractivity contribution in [3.05, 3.63) is 70.9 Å². The highest BCUT2D eigenvalue weighted by atomic mass is 32.2. The van der Waals surface area contributed by atoms with Crippen molar-refractivity contribution in [2.24, 2.45) is 0 Å². The average Bonchev–Trinajstić information content (AvgIpc) is 3.27. The van der Waals surface area contributed by atoms with Crippen molar-refractivity contribution < 1.29 is 21.6 Å². The first-order chi connectivity index (χ1) is 16.1. The summed E-state index contributed by atoms with van der Waals surface area (Å²) in [6.45, 7) is 6.12. The molecule has 1 amide bonds. The van der Waals surface area contributed by atoms with Gasteiger partial charge in [0, 0.05) is 24.2 Å². The summed E-state index contributed by atoms with van der Waals surface area (Å²) in [6, 6.07) is 13.1. The average molecular weight is 503 g/mol. The molecule has 3 aromatic rings. The summed E-state index contributed by atoms with van der Waals surface area (Å²) in [6.07, 6.45) is 0. The van der Waals surface area contributed by atoms with Gasteiger partial charge in [0.2, 0.25) is 10.0 Å². The van der Waals surface area contributed by atoms with E-state index in [-0.39, 0.29) is 22.0 Å². The number of nitrogens with one attached hydrogen (secondary N) is 1. The standard InChI is InChI=1S/C23H26N4O5S2/c1-4-26(5-2)34(31,32)18-12-10-17(11-13-18)23(28)24-22-19-14-33(29,30)15-20(19)25-27(22)21-9-7-6-8-16(21)3/h6-13H,4-5,14-15H2,1-3H3,(H,24,28). The zero-order chi connectivity index (χ0) is 24.7. The number of anilines is 1. The van der Waals surface area contributed by atoms with Gasteiger partial charge in [0.1, 0.15) is 5.82 Å². The summed E-state index contributed by atoms with van der Waals surface area (Å²) in [7, 11) is -6.97. The van der Waals surface area contributed by atoms with Crippen LogP contribution in [0.4, 0.5) is 5.82 Å². The molecule has 0 atom stereocenters. The van der Waals surface area contributed by atoms with Crippen LogP contribution >= 0.6 is 0 Å². The molecule has 0 bridgehead atoms.